The van der Waals surface area contributed by atoms with Gasteiger partial charge in [0.05, 0.1) is 11.1 Å². The lowest BCUT2D eigenvalue weighted by atomic mass is 10.1. The van der Waals surface area contributed by atoms with Gasteiger partial charge in [0.2, 0.25) is 0 Å². The van der Waals surface area contributed by atoms with Crippen LogP contribution in [0.25, 0.3) is 0 Å². The van der Waals surface area contributed by atoms with E-state index in [-0.39, 0.29) is 0 Å². The van der Waals surface area contributed by atoms with Gasteiger partial charge in [0.25, 0.3) is 0 Å². The van der Waals surface area contributed by atoms with E-state index in [4.69, 9.17) is 14.6 Å². The third-order valence-corrected chi connectivity index (χ3v) is 4.57. The van der Waals surface area contributed by atoms with Crippen molar-refractivity contribution in [3.05, 3.63) is 57.6 Å². The van der Waals surface area contributed by atoms with Crippen LogP contribution in [0.5, 0.6) is 11.5 Å². The molecule has 0 saturated carbocycles. The van der Waals surface area contributed by atoms with E-state index in [1.807, 2.05) is 37.3 Å². The Bertz CT molecular complexity index is 763. The van der Waals surface area contributed by atoms with Gasteiger partial charge in [0, 0.05) is 6.54 Å². The maximum absolute atomic E-state index is 10.9. The number of ether oxygens (including phenoxy) is 2. The van der Waals surface area contributed by atoms with Crippen LogP contribution in [0.3, 0.4) is 0 Å². The lowest BCUT2D eigenvalue weighted by Gasteiger charge is -2.17. The molecule has 0 fully saturated rings. The Morgan fingerprint density at radius 1 is 1.27 bits per heavy atom. The van der Waals surface area contributed by atoms with Crippen LogP contribution in [-0.2, 0) is 17.9 Å². The fraction of sp³-hybridized carbons (Fsp3) is 0.350. The number of carboxylic acid groups (broad SMARTS) is 1. The highest BCUT2D eigenvalue weighted by molar-refractivity contribution is 9.10. The second kappa shape index (κ2) is 9.59. The average Bonchev–Trinajstić information content (AvgIpc) is 2.60. The van der Waals surface area contributed by atoms with Crippen molar-refractivity contribution in [2.45, 2.75) is 40.0 Å². The SMILES string of the molecule is CCOc1cc(CNC(C)C(=O)O)cc(Br)c1OCc1ccccc1C. The minimum absolute atomic E-state index is 0.421. The smallest absolute Gasteiger partial charge is 0.320 e. The van der Waals surface area contributed by atoms with Gasteiger partial charge in [0.1, 0.15) is 12.6 Å². The van der Waals surface area contributed by atoms with Crippen LogP contribution in [0.15, 0.2) is 40.9 Å². The van der Waals surface area contributed by atoms with E-state index < -0.39 is 12.0 Å². The van der Waals surface area contributed by atoms with E-state index in [2.05, 4.69) is 34.2 Å². The molecule has 0 saturated heterocycles. The molecule has 0 aromatic heterocycles. The summed E-state index contributed by atoms with van der Waals surface area (Å²) in [5.74, 6) is 0.396. The quantitative estimate of drug-likeness (QED) is 0.631. The first kappa shape index (κ1) is 20.3. The van der Waals surface area contributed by atoms with E-state index >= 15 is 0 Å². The minimum atomic E-state index is -0.882. The van der Waals surface area contributed by atoms with Gasteiger partial charge in [-0.05, 0) is 65.5 Å². The standard InChI is InChI=1S/C20H24BrNO4/c1-4-25-18-10-15(11-22-14(3)20(23)24)9-17(21)19(18)26-12-16-8-6-5-7-13(16)2/h5-10,14,22H,4,11-12H2,1-3H3,(H,23,24). The number of hydrogen-bond acceptors (Lipinski definition) is 4. The molecule has 2 rings (SSSR count). The Kier molecular flexibility index (Phi) is 7.48. The van der Waals surface area contributed by atoms with Crippen LogP contribution in [-0.4, -0.2) is 23.7 Å². The summed E-state index contributed by atoms with van der Waals surface area (Å²) >= 11 is 3.55. The molecule has 0 bridgehead atoms. The van der Waals surface area contributed by atoms with Gasteiger partial charge in [-0.1, -0.05) is 24.3 Å². The Morgan fingerprint density at radius 2 is 2.00 bits per heavy atom. The molecule has 1 atom stereocenters. The summed E-state index contributed by atoms with van der Waals surface area (Å²) in [7, 11) is 0. The first-order chi connectivity index (χ1) is 12.4. The van der Waals surface area contributed by atoms with Crippen molar-refractivity contribution in [2.24, 2.45) is 0 Å². The largest absolute Gasteiger partial charge is 0.490 e. The first-order valence-corrected chi connectivity index (χ1v) is 9.30. The van der Waals surface area contributed by atoms with Gasteiger partial charge in [-0.3, -0.25) is 4.79 Å². The third-order valence-electron chi connectivity index (χ3n) is 3.99. The molecule has 0 aliphatic rings. The molecule has 0 spiro atoms. The summed E-state index contributed by atoms with van der Waals surface area (Å²) in [6.45, 7) is 6.95. The van der Waals surface area contributed by atoms with Gasteiger partial charge < -0.3 is 19.9 Å². The zero-order chi connectivity index (χ0) is 19.1. The van der Waals surface area contributed by atoms with Crippen molar-refractivity contribution in [2.75, 3.05) is 6.61 Å². The molecule has 6 heteroatoms. The van der Waals surface area contributed by atoms with Crippen LogP contribution >= 0.6 is 15.9 Å². The average molecular weight is 422 g/mol. The van der Waals surface area contributed by atoms with Crippen molar-refractivity contribution in [1.29, 1.82) is 0 Å². The molecular weight excluding hydrogens is 398 g/mol. The molecule has 0 amide bonds. The summed E-state index contributed by atoms with van der Waals surface area (Å²) in [5.41, 5.74) is 3.20. The van der Waals surface area contributed by atoms with E-state index in [9.17, 15) is 4.79 Å². The summed E-state index contributed by atoms with van der Waals surface area (Å²) in [6, 6.07) is 11.2. The lowest BCUT2D eigenvalue weighted by molar-refractivity contribution is -0.139. The molecule has 2 N–H and O–H groups in total. The molecule has 0 aliphatic heterocycles. The number of halogens is 1. The molecular formula is C20H24BrNO4. The van der Waals surface area contributed by atoms with E-state index in [0.717, 1.165) is 15.6 Å². The molecule has 0 heterocycles. The Hall–Kier alpha value is -2.05. The lowest BCUT2D eigenvalue weighted by Crippen LogP contribution is -2.33. The zero-order valence-corrected chi connectivity index (χ0v) is 16.8. The van der Waals surface area contributed by atoms with Gasteiger partial charge in [-0.25, -0.2) is 0 Å². The zero-order valence-electron chi connectivity index (χ0n) is 15.2. The second-order valence-corrected chi connectivity index (χ2v) is 6.85. The van der Waals surface area contributed by atoms with Crippen LogP contribution < -0.4 is 14.8 Å². The Morgan fingerprint density at radius 3 is 2.65 bits per heavy atom. The predicted octanol–water partition coefficient (Wildman–Crippen LogP) is 4.30. The molecule has 26 heavy (non-hydrogen) atoms. The molecule has 2 aromatic carbocycles. The normalized spacial score (nSPS) is 11.8. The van der Waals surface area contributed by atoms with Crippen LogP contribution in [0.2, 0.25) is 0 Å². The third kappa shape index (κ3) is 5.47. The monoisotopic (exact) mass is 421 g/mol. The number of aryl methyl sites for hydroxylation is 1. The van der Waals surface area contributed by atoms with Crippen molar-refractivity contribution in [3.8, 4) is 11.5 Å². The van der Waals surface area contributed by atoms with E-state index in [1.165, 1.54) is 5.56 Å². The number of benzene rings is 2. The molecule has 2 aromatic rings. The maximum atomic E-state index is 10.9. The highest BCUT2D eigenvalue weighted by Gasteiger charge is 2.15. The number of nitrogens with one attached hydrogen (secondary N) is 1. The fourth-order valence-corrected chi connectivity index (χ4v) is 3.01. The number of rotatable bonds is 9. The van der Waals surface area contributed by atoms with Gasteiger partial charge in [-0.2, -0.15) is 0 Å². The highest BCUT2D eigenvalue weighted by Crippen LogP contribution is 2.37. The van der Waals surface area contributed by atoms with Gasteiger partial charge in [0.15, 0.2) is 11.5 Å². The number of carbonyl (C=O) groups is 1. The van der Waals surface area contributed by atoms with Crippen molar-refractivity contribution in [1.82, 2.24) is 5.32 Å². The van der Waals surface area contributed by atoms with Crippen LogP contribution in [0.1, 0.15) is 30.5 Å². The summed E-state index contributed by atoms with van der Waals surface area (Å²) < 4.78 is 12.5. The number of hydrogen-bond donors (Lipinski definition) is 2. The predicted molar refractivity (Wildman–Crippen MR) is 105 cm³/mol. The topological polar surface area (TPSA) is 67.8 Å². The second-order valence-electron chi connectivity index (χ2n) is 5.99. The molecule has 1 unspecified atom stereocenters. The van der Waals surface area contributed by atoms with Gasteiger partial charge in [-0.15, -0.1) is 0 Å². The van der Waals surface area contributed by atoms with Crippen molar-refractivity contribution >= 4 is 21.9 Å². The minimum Gasteiger partial charge on any atom is -0.490 e. The fourth-order valence-electron chi connectivity index (χ4n) is 2.41. The molecule has 140 valence electrons. The molecule has 0 radical (unpaired) electrons. The maximum Gasteiger partial charge on any atom is 0.320 e. The number of aliphatic carboxylic acids is 1. The van der Waals surface area contributed by atoms with Crippen molar-refractivity contribution < 1.29 is 19.4 Å². The van der Waals surface area contributed by atoms with Gasteiger partial charge >= 0.3 is 5.97 Å². The van der Waals surface area contributed by atoms with Crippen molar-refractivity contribution in [3.63, 3.8) is 0 Å². The summed E-state index contributed by atoms with van der Waals surface area (Å²) in [4.78, 5) is 10.9. The summed E-state index contributed by atoms with van der Waals surface area (Å²) in [6.07, 6.45) is 0. The van der Waals surface area contributed by atoms with Crippen LogP contribution in [0, 0.1) is 6.92 Å². The summed E-state index contributed by atoms with van der Waals surface area (Å²) in [5, 5.41) is 11.9. The highest BCUT2D eigenvalue weighted by atomic mass is 79.9. The van der Waals surface area contributed by atoms with E-state index in [0.29, 0.717) is 31.3 Å². The van der Waals surface area contributed by atoms with E-state index in [1.54, 1.807) is 6.92 Å². The Balaban J connectivity index is 2.17. The Labute approximate surface area is 162 Å². The molecule has 0 aliphatic carbocycles. The van der Waals surface area contributed by atoms with Crippen LogP contribution in [0.4, 0.5) is 0 Å². The molecule has 5 nitrogen and oxygen atoms in total. The first-order valence-electron chi connectivity index (χ1n) is 8.51. The number of carboxylic acids is 1.